The highest BCUT2D eigenvalue weighted by Gasteiger charge is 2.70. The van der Waals surface area contributed by atoms with Crippen LogP contribution in [-0.2, 0) is 31.0 Å². The van der Waals surface area contributed by atoms with Crippen LogP contribution in [0.25, 0.3) is 0 Å². The summed E-state index contributed by atoms with van der Waals surface area (Å²) in [4.78, 5) is 71.4. The van der Waals surface area contributed by atoms with Gasteiger partial charge in [-0.3, -0.25) is 24.6 Å². The predicted octanol–water partition coefficient (Wildman–Crippen LogP) is 6.02. The number of aromatic carboxylic acids is 1. The van der Waals surface area contributed by atoms with Gasteiger partial charge in [-0.2, -0.15) is 5.01 Å². The minimum Gasteiger partial charge on any atom is -0.507 e. The van der Waals surface area contributed by atoms with Crippen LogP contribution in [0, 0.1) is 30.6 Å². The molecule has 11 heteroatoms. The molecule has 4 aromatic carbocycles. The number of benzene rings is 4. The molecule has 6 unspecified atom stereocenters. The van der Waals surface area contributed by atoms with Crippen LogP contribution in [0.1, 0.15) is 51.4 Å². The molecule has 0 bridgehead atoms. The Hall–Kier alpha value is -6.49. The van der Waals surface area contributed by atoms with Gasteiger partial charge in [0.25, 0.3) is 11.8 Å². The Morgan fingerprint density at radius 2 is 1.65 bits per heavy atom. The Kier molecular flexibility index (Phi) is 8.24. The van der Waals surface area contributed by atoms with E-state index >= 15 is 4.79 Å². The lowest BCUT2D eigenvalue weighted by Crippen LogP contribution is -2.53. The minimum atomic E-state index is -1.56. The van der Waals surface area contributed by atoms with Gasteiger partial charge in [-0.05, 0) is 67.5 Å². The summed E-state index contributed by atoms with van der Waals surface area (Å²) in [6, 6.07) is 25.2. The minimum absolute atomic E-state index is 0.0322. The number of phenols is 2. The van der Waals surface area contributed by atoms with E-state index in [1.165, 1.54) is 6.07 Å². The zero-order valence-electron chi connectivity index (χ0n) is 29.3. The number of hydrogen-bond donors (Lipinski definition) is 4. The number of fused-ring (bicyclic) bond motifs is 4. The van der Waals surface area contributed by atoms with Crippen LogP contribution < -0.4 is 10.3 Å². The molecule has 3 fully saturated rings. The number of aryl methyl sites for hydroxylation is 1. The molecule has 0 radical (unpaired) electrons. The number of carboxylic acid groups (broad SMARTS) is 1. The van der Waals surface area contributed by atoms with E-state index in [9.17, 15) is 34.5 Å². The number of amides is 4. The first kappa shape index (κ1) is 34.6. The van der Waals surface area contributed by atoms with E-state index in [1.807, 2.05) is 43.3 Å². The number of aromatic hydroxyl groups is 2. The largest absolute Gasteiger partial charge is 0.507 e. The number of carbonyl (C=O) groups is 5. The van der Waals surface area contributed by atoms with Crippen molar-refractivity contribution in [2.24, 2.45) is 23.7 Å². The molecule has 2 heterocycles. The molecule has 8 rings (SSSR count). The molecule has 4 aromatic rings. The van der Waals surface area contributed by atoms with Gasteiger partial charge in [-0.1, -0.05) is 84.0 Å². The number of hydrogen-bond acceptors (Lipinski definition) is 8. The SMILES string of the molecule is C=CCc1cccc(C2C3=CCC4C(=O)N(c5ccc(C(=O)O)c(O)c5)C(=O)C4C3CC3C(=O)N(Nc4ccc(C)cc4)C(=O)C32c2ccccc2)c1O. The monoisotopic (exact) mass is 723 g/mol. The number of hydrazine groups is 1. The van der Waals surface area contributed by atoms with Crippen molar-refractivity contribution < 1.29 is 39.3 Å². The highest BCUT2D eigenvalue weighted by molar-refractivity contribution is 6.23. The first-order valence-corrected chi connectivity index (χ1v) is 17.8. The van der Waals surface area contributed by atoms with Gasteiger partial charge in [-0.15, -0.1) is 6.58 Å². The molecule has 272 valence electrons. The summed E-state index contributed by atoms with van der Waals surface area (Å²) < 4.78 is 0. The number of imide groups is 2. The Morgan fingerprint density at radius 1 is 0.907 bits per heavy atom. The average Bonchev–Trinajstić information content (AvgIpc) is 3.54. The molecule has 1 saturated carbocycles. The van der Waals surface area contributed by atoms with E-state index in [2.05, 4.69) is 12.0 Å². The molecular formula is C43H37N3O8. The molecule has 2 saturated heterocycles. The number of anilines is 2. The van der Waals surface area contributed by atoms with Gasteiger partial charge in [0.15, 0.2) is 0 Å². The number of allylic oxidation sites excluding steroid dienone is 3. The third kappa shape index (κ3) is 4.98. The molecule has 54 heavy (non-hydrogen) atoms. The molecule has 0 spiro atoms. The Morgan fingerprint density at radius 3 is 2.33 bits per heavy atom. The number of para-hydroxylation sites is 1. The van der Waals surface area contributed by atoms with Crippen molar-refractivity contribution >= 4 is 41.0 Å². The zero-order chi connectivity index (χ0) is 38.1. The molecule has 2 aliphatic carbocycles. The molecular weight excluding hydrogens is 686 g/mol. The maximum atomic E-state index is 15.3. The predicted molar refractivity (Wildman–Crippen MR) is 198 cm³/mol. The van der Waals surface area contributed by atoms with Crippen molar-refractivity contribution in [2.45, 2.75) is 37.5 Å². The number of nitrogens with one attached hydrogen (secondary N) is 1. The first-order valence-electron chi connectivity index (χ1n) is 17.8. The number of carbonyl (C=O) groups excluding carboxylic acids is 4. The van der Waals surface area contributed by atoms with Gasteiger partial charge in [0.2, 0.25) is 11.8 Å². The molecule has 0 aromatic heterocycles. The molecule has 6 atom stereocenters. The van der Waals surface area contributed by atoms with Gasteiger partial charge in [0.05, 0.1) is 34.5 Å². The first-order chi connectivity index (χ1) is 26.0. The number of rotatable bonds is 8. The summed E-state index contributed by atoms with van der Waals surface area (Å²) in [5, 5.41) is 33.0. The van der Waals surface area contributed by atoms with Crippen LogP contribution in [0.2, 0.25) is 0 Å². The summed E-state index contributed by atoms with van der Waals surface area (Å²) in [7, 11) is 0. The van der Waals surface area contributed by atoms with Gasteiger partial charge in [0, 0.05) is 17.5 Å². The third-order valence-electron chi connectivity index (χ3n) is 11.7. The highest BCUT2D eigenvalue weighted by Crippen LogP contribution is 2.65. The Labute approximate surface area is 310 Å². The van der Waals surface area contributed by atoms with E-state index < -0.39 is 70.4 Å². The van der Waals surface area contributed by atoms with E-state index in [4.69, 9.17) is 0 Å². The van der Waals surface area contributed by atoms with Crippen LogP contribution in [0.3, 0.4) is 0 Å². The van der Waals surface area contributed by atoms with E-state index in [-0.39, 0.29) is 29.8 Å². The van der Waals surface area contributed by atoms with Crippen LogP contribution in [0.5, 0.6) is 11.5 Å². The molecule has 4 N–H and O–H groups in total. The van der Waals surface area contributed by atoms with Crippen LogP contribution in [0.4, 0.5) is 11.4 Å². The summed E-state index contributed by atoms with van der Waals surface area (Å²) >= 11 is 0. The Balaban J connectivity index is 1.32. The number of nitrogens with zero attached hydrogens (tertiary/aromatic N) is 2. The highest BCUT2D eigenvalue weighted by atomic mass is 16.4. The lowest BCUT2D eigenvalue weighted by atomic mass is 9.49. The fourth-order valence-corrected chi connectivity index (χ4v) is 9.35. The van der Waals surface area contributed by atoms with Crippen molar-refractivity contribution in [2.75, 3.05) is 10.3 Å². The van der Waals surface area contributed by atoms with Crippen molar-refractivity contribution in [3.8, 4) is 11.5 Å². The average molecular weight is 724 g/mol. The summed E-state index contributed by atoms with van der Waals surface area (Å²) in [5.41, 5.74) is 4.93. The van der Waals surface area contributed by atoms with Crippen molar-refractivity contribution in [3.05, 3.63) is 143 Å². The van der Waals surface area contributed by atoms with E-state index in [0.29, 0.717) is 34.4 Å². The van der Waals surface area contributed by atoms with Crippen molar-refractivity contribution in [1.29, 1.82) is 0 Å². The number of phenolic OH excluding ortho intramolecular Hbond substituents is 1. The van der Waals surface area contributed by atoms with Crippen molar-refractivity contribution in [3.63, 3.8) is 0 Å². The van der Waals surface area contributed by atoms with Gasteiger partial charge < -0.3 is 15.3 Å². The van der Waals surface area contributed by atoms with Gasteiger partial charge in [-0.25, -0.2) is 9.69 Å². The van der Waals surface area contributed by atoms with Crippen LogP contribution in [0.15, 0.2) is 115 Å². The smallest absolute Gasteiger partial charge is 0.339 e. The van der Waals surface area contributed by atoms with Crippen LogP contribution in [-0.4, -0.2) is 49.9 Å². The van der Waals surface area contributed by atoms with Crippen LogP contribution >= 0.6 is 0 Å². The fraction of sp³-hybridized carbons (Fsp3) is 0.233. The standard InChI is InChI=1S/C43H37N3O8/c1-3-8-24-9-7-12-31(37(24)48)36-28-19-20-30-35(40(51)45(38(30)49)27-17-18-29(41(52)53)34(47)21-27)32(28)22-33-39(50)46(44-26-15-13-23(2)14-16-26)42(54)43(33,36)25-10-5-4-6-11-25/h3-7,9-19,21,30,32-33,35-36,44,47-48H,1,8,20,22H2,2H3,(H,52,53). The topological polar surface area (TPSA) is 165 Å². The summed E-state index contributed by atoms with van der Waals surface area (Å²) in [6.07, 6.45) is 4.09. The third-order valence-corrected chi connectivity index (χ3v) is 11.7. The second kappa shape index (κ2) is 12.9. The quantitative estimate of drug-likeness (QED) is 0.126. The lowest BCUT2D eigenvalue weighted by molar-refractivity contribution is -0.138. The van der Waals surface area contributed by atoms with Gasteiger partial charge >= 0.3 is 5.97 Å². The molecule has 4 aliphatic rings. The normalized spacial score (nSPS) is 25.9. The summed E-state index contributed by atoms with van der Waals surface area (Å²) in [6.45, 7) is 5.77. The summed E-state index contributed by atoms with van der Waals surface area (Å²) in [5.74, 6) is -8.45. The second-order valence-electron chi connectivity index (χ2n) is 14.5. The van der Waals surface area contributed by atoms with Crippen molar-refractivity contribution in [1.82, 2.24) is 5.01 Å². The number of carboxylic acids is 1. The second-order valence-corrected chi connectivity index (χ2v) is 14.5. The zero-order valence-corrected chi connectivity index (χ0v) is 29.3. The maximum absolute atomic E-state index is 15.3. The van der Waals surface area contributed by atoms with E-state index in [1.54, 1.807) is 48.5 Å². The fourth-order valence-electron chi connectivity index (χ4n) is 9.35. The maximum Gasteiger partial charge on any atom is 0.339 e. The molecule has 4 amide bonds. The van der Waals surface area contributed by atoms with Gasteiger partial charge in [0.1, 0.15) is 17.1 Å². The Bertz CT molecular complexity index is 2300. The molecule has 2 aliphatic heterocycles. The molecule has 11 nitrogen and oxygen atoms in total. The van der Waals surface area contributed by atoms with E-state index in [0.717, 1.165) is 27.6 Å². The lowest BCUT2D eigenvalue weighted by Gasteiger charge is -2.50.